The first-order valence-electron chi connectivity index (χ1n) is 7.06. The summed E-state index contributed by atoms with van der Waals surface area (Å²) in [6, 6.07) is 3.92. The van der Waals surface area contributed by atoms with E-state index in [1.807, 2.05) is 0 Å². The van der Waals surface area contributed by atoms with Crippen molar-refractivity contribution >= 4 is 21.6 Å². The first kappa shape index (κ1) is 15.2. The molecule has 3 rings (SSSR count). The van der Waals surface area contributed by atoms with Crippen LogP contribution in [0.5, 0.6) is 0 Å². The van der Waals surface area contributed by atoms with Gasteiger partial charge in [-0.2, -0.15) is 4.31 Å². The maximum atomic E-state index is 13.9. The lowest BCUT2D eigenvalue weighted by atomic mass is 9.90. The van der Waals surface area contributed by atoms with Gasteiger partial charge in [0.2, 0.25) is 10.0 Å². The Bertz CT molecular complexity index is 617. The monoisotopic (exact) mass is 333 g/mol. The fourth-order valence-corrected chi connectivity index (χ4v) is 5.21. The van der Waals surface area contributed by atoms with E-state index >= 15 is 0 Å². The van der Waals surface area contributed by atoms with Gasteiger partial charge in [0.15, 0.2) is 0 Å². The minimum Gasteiger partial charge on any atom is -0.378 e. The maximum Gasteiger partial charge on any atom is 0.247 e. The minimum absolute atomic E-state index is 0.0722. The Labute approximate surface area is 128 Å². The van der Waals surface area contributed by atoms with Crippen molar-refractivity contribution in [1.29, 1.82) is 0 Å². The number of halogens is 2. The number of hydrogen-bond donors (Lipinski definition) is 0. The third-order valence-corrected chi connectivity index (χ3v) is 6.56. The Morgan fingerprint density at radius 1 is 1.33 bits per heavy atom. The van der Waals surface area contributed by atoms with Crippen molar-refractivity contribution in [3.63, 3.8) is 0 Å². The zero-order valence-electron chi connectivity index (χ0n) is 11.5. The molecule has 1 aromatic rings. The van der Waals surface area contributed by atoms with E-state index in [9.17, 15) is 12.8 Å². The maximum absolute atomic E-state index is 13.9. The Hall–Kier alpha value is -0.690. The summed E-state index contributed by atoms with van der Waals surface area (Å²) in [7, 11) is -3.90. The van der Waals surface area contributed by atoms with E-state index in [4.69, 9.17) is 16.3 Å². The first-order valence-corrected chi connectivity index (χ1v) is 8.87. The molecule has 0 spiro atoms. The Morgan fingerprint density at radius 2 is 2.14 bits per heavy atom. The fraction of sp³-hybridized carbons (Fsp3) is 0.571. The van der Waals surface area contributed by atoms with E-state index in [2.05, 4.69) is 0 Å². The van der Waals surface area contributed by atoms with Gasteiger partial charge in [-0.3, -0.25) is 0 Å². The predicted molar refractivity (Wildman–Crippen MR) is 77.2 cm³/mol. The van der Waals surface area contributed by atoms with E-state index < -0.39 is 20.7 Å². The predicted octanol–water partition coefficient (Wildman–Crippen LogP) is 2.67. The number of sulfonamides is 1. The molecule has 2 saturated heterocycles. The quantitative estimate of drug-likeness (QED) is 0.836. The summed E-state index contributed by atoms with van der Waals surface area (Å²) in [6.45, 7) is 1.46. The molecule has 2 heterocycles. The summed E-state index contributed by atoms with van der Waals surface area (Å²) in [5.74, 6) is -0.614. The van der Waals surface area contributed by atoms with Crippen LogP contribution in [0, 0.1) is 11.7 Å². The van der Waals surface area contributed by atoms with Crippen molar-refractivity contribution in [1.82, 2.24) is 4.31 Å². The van der Waals surface area contributed by atoms with Crippen LogP contribution in [0.15, 0.2) is 23.1 Å². The van der Waals surface area contributed by atoms with Gasteiger partial charge in [-0.15, -0.1) is 0 Å². The minimum atomic E-state index is -3.90. The number of ether oxygens (including phenoxy) is 1. The Morgan fingerprint density at radius 3 is 2.90 bits per heavy atom. The molecule has 4 nitrogen and oxygen atoms in total. The molecule has 2 aliphatic heterocycles. The number of hydrogen-bond acceptors (Lipinski definition) is 3. The summed E-state index contributed by atoms with van der Waals surface area (Å²) >= 11 is 5.90. The second kappa shape index (κ2) is 5.83. The van der Waals surface area contributed by atoms with Crippen molar-refractivity contribution in [2.24, 2.45) is 5.92 Å². The molecule has 2 aliphatic rings. The molecule has 2 atom stereocenters. The summed E-state index contributed by atoms with van der Waals surface area (Å²) in [6.07, 6.45) is 2.66. The zero-order chi connectivity index (χ0) is 15.0. The van der Waals surface area contributed by atoms with E-state index in [0.717, 1.165) is 25.5 Å². The molecular formula is C14H17ClFNO3S. The molecule has 2 unspecified atom stereocenters. The highest BCUT2D eigenvalue weighted by Gasteiger charge is 2.38. The molecule has 0 bridgehead atoms. The molecule has 21 heavy (non-hydrogen) atoms. The molecule has 0 aliphatic carbocycles. The zero-order valence-corrected chi connectivity index (χ0v) is 13.0. The van der Waals surface area contributed by atoms with Crippen molar-refractivity contribution in [2.75, 3.05) is 19.7 Å². The van der Waals surface area contributed by atoms with Gasteiger partial charge in [0.25, 0.3) is 0 Å². The first-order chi connectivity index (χ1) is 10.00. The number of piperidine rings is 1. The normalized spacial score (nSPS) is 27.3. The van der Waals surface area contributed by atoms with Gasteiger partial charge in [0, 0.05) is 19.7 Å². The van der Waals surface area contributed by atoms with E-state index in [1.165, 1.54) is 16.4 Å². The van der Waals surface area contributed by atoms with Crippen LogP contribution >= 0.6 is 11.6 Å². The Balaban J connectivity index is 1.89. The van der Waals surface area contributed by atoms with Gasteiger partial charge in [-0.05, 0) is 37.3 Å². The van der Waals surface area contributed by atoms with Gasteiger partial charge in [0.05, 0.1) is 11.1 Å². The summed E-state index contributed by atoms with van der Waals surface area (Å²) in [5, 5.41) is -0.0722. The molecule has 116 valence electrons. The standard InChI is InChI=1S/C14H17ClFNO3S/c15-11-4-1-5-12(16)14(11)21(18,19)17-7-6-13-10(9-17)3-2-8-20-13/h1,4-5,10,13H,2-3,6-9H2. The lowest BCUT2D eigenvalue weighted by molar-refractivity contribution is -0.0534. The highest BCUT2D eigenvalue weighted by molar-refractivity contribution is 7.89. The number of rotatable bonds is 2. The lowest BCUT2D eigenvalue weighted by Crippen LogP contribution is -2.48. The molecule has 0 aromatic heterocycles. The summed E-state index contributed by atoms with van der Waals surface area (Å²) < 4.78 is 46.3. The highest BCUT2D eigenvalue weighted by atomic mass is 35.5. The van der Waals surface area contributed by atoms with Crippen molar-refractivity contribution in [3.05, 3.63) is 29.0 Å². The number of fused-ring (bicyclic) bond motifs is 1. The van der Waals surface area contributed by atoms with Crippen molar-refractivity contribution in [3.8, 4) is 0 Å². The SMILES string of the molecule is O=S(=O)(c1c(F)cccc1Cl)N1CCC2OCCCC2C1. The van der Waals surface area contributed by atoms with E-state index in [0.29, 0.717) is 19.5 Å². The smallest absolute Gasteiger partial charge is 0.247 e. The van der Waals surface area contributed by atoms with Gasteiger partial charge in [-0.25, -0.2) is 12.8 Å². The molecule has 0 saturated carbocycles. The van der Waals surface area contributed by atoms with Gasteiger partial charge >= 0.3 is 0 Å². The van der Waals surface area contributed by atoms with Crippen LogP contribution < -0.4 is 0 Å². The molecule has 2 fully saturated rings. The van der Waals surface area contributed by atoms with Crippen LogP contribution in [0.25, 0.3) is 0 Å². The third kappa shape index (κ3) is 2.82. The largest absolute Gasteiger partial charge is 0.378 e. The molecular weight excluding hydrogens is 317 g/mol. The average molecular weight is 334 g/mol. The van der Waals surface area contributed by atoms with E-state index in [1.54, 1.807) is 0 Å². The van der Waals surface area contributed by atoms with Crippen LogP contribution in [0.3, 0.4) is 0 Å². The van der Waals surface area contributed by atoms with Crippen LogP contribution in [-0.2, 0) is 14.8 Å². The Kier molecular flexibility index (Phi) is 4.23. The second-order valence-electron chi connectivity index (χ2n) is 5.51. The van der Waals surface area contributed by atoms with Gasteiger partial charge in [0.1, 0.15) is 10.7 Å². The number of benzene rings is 1. The molecule has 1 aromatic carbocycles. The van der Waals surface area contributed by atoms with Crippen LogP contribution in [0.4, 0.5) is 4.39 Å². The molecule has 0 N–H and O–H groups in total. The summed E-state index contributed by atoms with van der Waals surface area (Å²) in [5.41, 5.74) is 0. The molecule has 7 heteroatoms. The second-order valence-corrected chi connectivity index (χ2v) is 7.80. The average Bonchev–Trinajstić information content (AvgIpc) is 2.46. The van der Waals surface area contributed by atoms with Crippen LogP contribution in [-0.4, -0.2) is 38.5 Å². The van der Waals surface area contributed by atoms with Gasteiger partial charge in [-0.1, -0.05) is 17.7 Å². The molecule has 0 amide bonds. The summed E-state index contributed by atoms with van der Waals surface area (Å²) in [4.78, 5) is -0.415. The molecule has 0 radical (unpaired) electrons. The van der Waals surface area contributed by atoms with E-state index in [-0.39, 0.29) is 17.0 Å². The number of nitrogens with zero attached hydrogens (tertiary/aromatic N) is 1. The fourth-order valence-electron chi connectivity index (χ4n) is 3.13. The van der Waals surface area contributed by atoms with Crippen molar-refractivity contribution < 1.29 is 17.5 Å². The van der Waals surface area contributed by atoms with Gasteiger partial charge < -0.3 is 4.74 Å². The third-order valence-electron chi connectivity index (χ3n) is 4.19. The lowest BCUT2D eigenvalue weighted by Gasteiger charge is -2.40. The highest BCUT2D eigenvalue weighted by Crippen LogP contribution is 2.33. The topological polar surface area (TPSA) is 46.6 Å². The van der Waals surface area contributed by atoms with Crippen molar-refractivity contribution in [2.45, 2.75) is 30.3 Å². The van der Waals surface area contributed by atoms with Crippen LogP contribution in [0.2, 0.25) is 5.02 Å². The van der Waals surface area contributed by atoms with Crippen LogP contribution in [0.1, 0.15) is 19.3 Å².